The van der Waals surface area contributed by atoms with E-state index in [9.17, 15) is 14.5 Å². The summed E-state index contributed by atoms with van der Waals surface area (Å²) in [7, 11) is 1.38. The van der Waals surface area contributed by atoms with Crippen LogP contribution in [0.25, 0.3) is 21.3 Å². The number of aryl methyl sites for hydroxylation is 1. The van der Waals surface area contributed by atoms with Crippen molar-refractivity contribution in [2.75, 3.05) is 12.4 Å². The molecule has 7 nitrogen and oxygen atoms in total. The van der Waals surface area contributed by atoms with Gasteiger partial charge in [-0.25, -0.2) is 14.4 Å². The zero-order valence-corrected chi connectivity index (χ0v) is 16.3. The van der Waals surface area contributed by atoms with Crippen LogP contribution in [0.4, 0.5) is 21.6 Å². The van der Waals surface area contributed by atoms with Gasteiger partial charge in [-0.3, -0.25) is 10.1 Å². The molecule has 0 radical (unpaired) electrons. The summed E-state index contributed by atoms with van der Waals surface area (Å²) in [6.07, 6.45) is 1.44. The third-order valence-corrected chi connectivity index (χ3v) is 5.45. The highest BCUT2D eigenvalue weighted by Gasteiger charge is 2.19. The van der Waals surface area contributed by atoms with E-state index in [-0.39, 0.29) is 17.3 Å². The number of nitro groups is 1. The van der Waals surface area contributed by atoms with Gasteiger partial charge in [-0.05, 0) is 36.8 Å². The minimum atomic E-state index is -0.502. The van der Waals surface area contributed by atoms with E-state index in [1.807, 2.05) is 6.92 Å². The van der Waals surface area contributed by atoms with Crippen LogP contribution in [0.15, 0.2) is 48.8 Å². The van der Waals surface area contributed by atoms with Crippen molar-refractivity contribution < 1.29 is 14.1 Å². The minimum Gasteiger partial charge on any atom is -0.490 e. The number of nitrogens with one attached hydrogen (secondary N) is 1. The van der Waals surface area contributed by atoms with E-state index in [0.717, 1.165) is 26.2 Å². The maximum absolute atomic E-state index is 13.4. The second-order valence-electron chi connectivity index (χ2n) is 6.21. The Bertz CT molecular complexity index is 1220. The van der Waals surface area contributed by atoms with E-state index in [1.165, 1.54) is 49.0 Å². The molecular formula is C20H15FN4O3S. The number of rotatable bonds is 5. The molecule has 2 heterocycles. The van der Waals surface area contributed by atoms with Crippen molar-refractivity contribution in [1.82, 2.24) is 9.97 Å². The zero-order valence-electron chi connectivity index (χ0n) is 15.5. The Morgan fingerprint density at radius 3 is 2.62 bits per heavy atom. The van der Waals surface area contributed by atoms with Gasteiger partial charge in [0.2, 0.25) is 0 Å². The van der Waals surface area contributed by atoms with Crippen molar-refractivity contribution in [3.05, 3.63) is 69.6 Å². The number of aromatic nitrogens is 2. The van der Waals surface area contributed by atoms with Crippen molar-refractivity contribution in [1.29, 1.82) is 0 Å². The number of hydrogen-bond acceptors (Lipinski definition) is 7. The van der Waals surface area contributed by atoms with E-state index in [2.05, 4.69) is 15.3 Å². The van der Waals surface area contributed by atoms with Gasteiger partial charge in [0.15, 0.2) is 5.75 Å². The van der Waals surface area contributed by atoms with Crippen LogP contribution in [0, 0.1) is 22.9 Å². The van der Waals surface area contributed by atoms with Crippen LogP contribution in [-0.2, 0) is 0 Å². The lowest BCUT2D eigenvalue weighted by atomic mass is 10.0. The molecule has 0 bridgehead atoms. The molecule has 0 unspecified atom stereocenters. The number of hydrogen-bond donors (Lipinski definition) is 1. The fraction of sp³-hybridized carbons (Fsp3) is 0.100. The number of nitrogens with zero attached hydrogens (tertiary/aromatic N) is 3. The first-order valence-electron chi connectivity index (χ1n) is 8.57. The van der Waals surface area contributed by atoms with Crippen LogP contribution in [0.5, 0.6) is 5.75 Å². The number of halogens is 1. The van der Waals surface area contributed by atoms with Gasteiger partial charge in [0.25, 0.3) is 0 Å². The van der Waals surface area contributed by atoms with Gasteiger partial charge < -0.3 is 10.1 Å². The number of methoxy groups -OCH3 is 1. The number of fused-ring (bicyclic) bond motifs is 1. The molecule has 0 atom stereocenters. The lowest BCUT2D eigenvalue weighted by Crippen LogP contribution is -1.98. The van der Waals surface area contributed by atoms with Crippen molar-refractivity contribution in [2.24, 2.45) is 0 Å². The molecule has 0 aliphatic rings. The molecule has 0 fully saturated rings. The van der Waals surface area contributed by atoms with Gasteiger partial charge in [0, 0.05) is 22.2 Å². The van der Waals surface area contributed by atoms with E-state index in [1.54, 1.807) is 18.2 Å². The molecule has 29 heavy (non-hydrogen) atoms. The van der Waals surface area contributed by atoms with Gasteiger partial charge in [-0.2, -0.15) is 0 Å². The normalized spacial score (nSPS) is 10.9. The molecule has 0 amide bonds. The Morgan fingerprint density at radius 2 is 1.93 bits per heavy atom. The fourth-order valence-electron chi connectivity index (χ4n) is 3.15. The highest BCUT2D eigenvalue weighted by atomic mass is 32.1. The first-order valence-corrected chi connectivity index (χ1v) is 9.39. The number of anilines is 2. The number of thiophene rings is 1. The number of ether oxygens (including phenoxy) is 1. The van der Waals surface area contributed by atoms with Crippen LogP contribution >= 0.6 is 11.3 Å². The lowest BCUT2D eigenvalue weighted by Gasteiger charge is -2.10. The first kappa shape index (κ1) is 18.8. The average molecular weight is 410 g/mol. The van der Waals surface area contributed by atoms with E-state index in [4.69, 9.17) is 4.74 Å². The maximum Gasteiger partial charge on any atom is 0.312 e. The van der Waals surface area contributed by atoms with Crippen LogP contribution < -0.4 is 10.1 Å². The van der Waals surface area contributed by atoms with Crippen molar-refractivity contribution in [2.45, 2.75) is 6.92 Å². The Kier molecular flexibility index (Phi) is 4.81. The van der Waals surface area contributed by atoms with E-state index >= 15 is 0 Å². The molecule has 9 heteroatoms. The molecule has 0 saturated heterocycles. The highest BCUT2D eigenvalue weighted by molar-refractivity contribution is 7.19. The van der Waals surface area contributed by atoms with Gasteiger partial charge in [-0.15, -0.1) is 11.3 Å². The van der Waals surface area contributed by atoms with E-state index < -0.39 is 4.92 Å². The molecule has 4 aromatic rings. The van der Waals surface area contributed by atoms with E-state index in [0.29, 0.717) is 11.5 Å². The second kappa shape index (κ2) is 7.44. The van der Waals surface area contributed by atoms with Crippen molar-refractivity contribution in [3.8, 4) is 16.9 Å². The molecule has 0 aliphatic heterocycles. The average Bonchev–Trinajstić information content (AvgIpc) is 3.05. The second-order valence-corrected chi connectivity index (χ2v) is 7.41. The van der Waals surface area contributed by atoms with Crippen molar-refractivity contribution >= 4 is 38.7 Å². The third-order valence-electron chi connectivity index (χ3n) is 4.44. The Morgan fingerprint density at radius 1 is 1.17 bits per heavy atom. The standard InChI is InChI=1S/C20H15FN4O3S/c1-11-17(12-3-5-13(21)6-4-12)18-19(22-10-23-20(18)29-11)24-14-7-8-16(28-2)15(9-14)25(26)27/h3-10H,1-2H3,(H,22,23,24). The summed E-state index contributed by atoms with van der Waals surface area (Å²) in [5.74, 6) is 0.371. The van der Waals surface area contributed by atoms with Crippen LogP contribution in [0.2, 0.25) is 0 Å². The Labute approximate surface area is 169 Å². The zero-order chi connectivity index (χ0) is 20.5. The summed E-state index contributed by atoms with van der Waals surface area (Å²) in [4.78, 5) is 21.3. The molecular weight excluding hydrogens is 395 g/mol. The van der Waals surface area contributed by atoms with Gasteiger partial charge in [0.1, 0.15) is 22.8 Å². The predicted molar refractivity (Wildman–Crippen MR) is 110 cm³/mol. The SMILES string of the molecule is COc1ccc(Nc2ncnc3sc(C)c(-c4ccc(F)cc4)c23)cc1[N+](=O)[O-]. The molecule has 2 aromatic carbocycles. The molecule has 4 rings (SSSR count). The van der Waals surface area contributed by atoms with Gasteiger partial charge >= 0.3 is 5.69 Å². The van der Waals surface area contributed by atoms with Gasteiger partial charge in [0.05, 0.1) is 17.4 Å². The molecule has 0 spiro atoms. The molecule has 146 valence electrons. The predicted octanol–water partition coefficient (Wildman–Crippen LogP) is 5.47. The summed E-state index contributed by atoms with van der Waals surface area (Å²) in [6, 6.07) is 10.8. The van der Waals surface area contributed by atoms with Crippen LogP contribution in [0.3, 0.4) is 0 Å². The first-order chi connectivity index (χ1) is 14.0. The monoisotopic (exact) mass is 410 g/mol. The number of benzene rings is 2. The van der Waals surface area contributed by atoms with Crippen LogP contribution in [-0.4, -0.2) is 22.0 Å². The highest BCUT2D eigenvalue weighted by Crippen LogP contribution is 2.41. The molecule has 2 aromatic heterocycles. The summed E-state index contributed by atoms with van der Waals surface area (Å²) < 4.78 is 18.4. The topological polar surface area (TPSA) is 90.2 Å². The summed E-state index contributed by atoms with van der Waals surface area (Å²) in [5, 5.41) is 15.2. The van der Waals surface area contributed by atoms with Crippen molar-refractivity contribution in [3.63, 3.8) is 0 Å². The summed E-state index contributed by atoms with van der Waals surface area (Å²) in [6.45, 7) is 1.97. The largest absolute Gasteiger partial charge is 0.490 e. The minimum absolute atomic E-state index is 0.150. The van der Waals surface area contributed by atoms with Crippen LogP contribution in [0.1, 0.15) is 4.88 Å². The Hall–Kier alpha value is -3.59. The smallest absolute Gasteiger partial charge is 0.312 e. The molecule has 0 aliphatic carbocycles. The quantitative estimate of drug-likeness (QED) is 0.347. The lowest BCUT2D eigenvalue weighted by molar-refractivity contribution is -0.385. The maximum atomic E-state index is 13.4. The number of nitro benzene ring substituents is 1. The van der Waals surface area contributed by atoms with Gasteiger partial charge in [-0.1, -0.05) is 12.1 Å². The molecule has 1 N–H and O–H groups in total. The summed E-state index contributed by atoms with van der Waals surface area (Å²) >= 11 is 1.50. The molecule has 0 saturated carbocycles. The Balaban J connectivity index is 1.84. The summed E-state index contributed by atoms with van der Waals surface area (Å²) in [5.41, 5.74) is 2.08. The fourth-order valence-corrected chi connectivity index (χ4v) is 4.16. The third kappa shape index (κ3) is 3.47.